The highest BCUT2D eigenvalue weighted by atomic mass is 35.5. The van der Waals surface area contributed by atoms with Crippen LogP contribution in [-0.4, -0.2) is 17.1 Å². The summed E-state index contributed by atoms with van der Waals surface area (Å²) in [6.07, 6.45) is -0.0834. The van der Waals surface area contributed by atoms with Gasteiger partial charge in [-0.2, -0.15) is 0 Å². The van der Waals surface area contributed by atoms with Gasteiger partial charge in [-0.3, -0.25) is 0 Å². The molecule has 0 saturated carbocycles. The van der Waals surface area contributed by atoms with Crippen molar-refractivity contribution in [1.29, 1.82) is 0 Å². The molecule has 0 unspecified atom stereocenters. The van der Waals surface area contributed by atoms with E-state index >= 15 is 0 Å². The van der Waals surface area contributed by atoms with E-state index in [0.29, 0.717) is 11.6 Å². The highest BCUT2D eigenvalue weighted by Crippen LogP contribution is 2.25. The number of phenols is 1. The molecule has 66 valence electrons. The number of hydrogen-bond acceptors (Lipinski definition) is 2. The Morgan fingerprint density at radius 1 is 1.50 bits per heavy atom. The summed E-state index contributed by atoms with van der Waals surface area (Å²) in [7, 11) is 0. The van der Waals surface area contributed by atoms with Gasteiger partial charge < -0.3 is 9.84 Å². The van der Waals surface area contributed by atoms with Crippen LogP contribution in [0.25, 0.3) is 0 Å². The number of phenolic OH excluding ortho intramolecular Hbond substituents is 1. The van der Waals surface area contributed by atoms with E-state index in [4.69, 9.17) is 16.3 Å². The third-order valence-electron chi connectivity index (χ3n) is 1.41. The predicted octanol–water partition coefficient (Wildman–Crippen LogP) is 2.40. The standard InChI is InChI=1S/C9H11ClO2/c1-7(6-10)12-9-5-3-2-4-8(9)11/h2-5,7,11H,6H2,1H3/t7-/m0/s1. The van der Waals surface area contributed by atoms with Crippen molar-refractivity contribution in [1.82, 2.24) is 0 Å². The SMILES string of the molecule is C[C@@H](CCl)Oc1ccccc1O. The number of para-hydroxylation sites is 2. The Morgan fingerprint density at radius 3 is 2.75 bits per heavy atom. The minimum absolute atomic E-state index is 0.0834. The van der Waals surface area contributed by atoms with Gasteiger partial charge >= 0.3 is 0 Å². The van der Waals surface area contributed by atoms with Gasteiger partial charge in [0.1, 0.15) is 6.10 Å². The van der Waals surface area contributed by atoms with Crippen LogP contribution >= 0.6 is 11.6 Å². The molecule has 0 aliphatic carbocycles. The maximum atomic E-state index is 9.29. The van der Waals surface area contributed by atoms with E-state index in [-0.39, 0.29) is 11.9 Å². The van der Waals surface area contributed by atoms with E-state index < -0.39 is 0 Å². The van der Waals surface area contributed by atoms with E-state index in [2.05, 4.69) is 0 Å². The molecule has 1 aromatic rings. The fraction of sp³-hybridized carbons (Fsp3) is 0.333. The number of alkyl halides is 1. The smallest absolute Gasteiger partial charge is 0.161 e. The van der Waals surface area contributed by atoms with Crippen LogP contribution in [0, 0.1) is 0 Å². The lowest BCUT2D eigenvalue weighted by molar-refractivity contribution is 0.235. The van der Waals surface area contributed by atoms with Crippen molar-refractivity contribution < 1.29 is 9.84 Å². The van der Waals surface area contributed by atoms with Gasteiger partial charge in [-0.15, -0.1) is 11.6 Å². The quantitative estimate of drug-likeness (QED) is 0.735. The Morgan fingerprint density at radius 2 is 2.17 bits per heavy atom. The van der Waals surface area contributed by atoms with Crippen LogP contribution in [0.1, 0.15) is 6.92 Å². The average molecular weight is 187 g/mol. The molecule has 0 amide bonds. The van der Waals surface area contributed by atoms with Crippen LogP contribution in [0.5, 0.6) is 11.5 Å². The van der Waals surface area contributed by atoms with Gasteiger partial charge in [0.25, 0.3) is 0 Å². The number of halogens is 1. The summed E-state index contributed by atoms with van der Waals surface area (Å²) in [5.74, 6) is 1.04. The molecule has 0 saturated heterocycles. The van der Waals surface area contributed by atoms with Gasteiger partial charge in [-0.1, -0.05) is 12.1 Å². The fourth-order valence-corrected chi connectivity index (χ4v) is 0.868. The number of benzene rings is 1. The molecule has 12 heavy (non-hydrogen) atoms. The highest BCUT2D eigenvalue weighted by molar-refractivity contribution is 6.18. The molecular weight excluding hydrogens is 176 g/mol. The van der Waals surface area contributed by atoms with Crippen molar-refractivity contribution in [2.24, 2.45) is 0 Å². The summed E-state index contributed by atoms with van der Waals surface area (Å²) in [6.45, 7) is 1.85. The van der Waals surface area contributed by atoms with E-state index in [0.717, 1.165) is 0 Å². The van der Waals surface area contributed by atoms with E-state index in [1.165, 1.54) is 0 Å². The highest BCUT2D eigenvalue weighted by Gasteiger charge is 2.04. The van der Waals surface area contributed by atoms with Crippen molar-refractivity contribution >= 4 is 11.6 Å². The molecule has 0 aliphatic heterocycles. The Kier molecular flexibility index (Phi) is 3.23. The van der Waals surface area contributed by atoms with Gasteiger partial charge in [0.15, 0.2) is 11.5 Å². The molecule has 0 aliphatic rings. The first kappa shape index (κ1) is 9.20. The minimum atomic E-state index is -0.0834. The molecule has 1 rings (SSSR count). The van der Waals surface area contributed by atoms with E-state index in [1.54, 1.807) is 24.3 Å². The lowest BCUT2D eigenvalue weighted by atomic mass is 10.3. The number of rotatable bonds is 3. The van der Waals surface area contributed by atoms with Crippen molar-refractivity contribution in [2.45, 2.75) is 13.0 Å². The van der Waals surface area contributed by atoms with Gasteiger partial charge in [-0.05, 0) is 19.1 Å². The zero-order valence-electron chi connectivity index (χ0n) is 6.83. The topological polar surface area (TPSA) is 29.5 Å². The molecule has 0 radical (unpaired) electrons. The van der Waals surface area contributed by atoms with Crippen molar-refractivity contribution in [3.05, 3.63) is 24.3 Å². The Bertz CT molecular complexity index is 250. The molecule has 2 nitrogen and oxygen atoms in total. The molecule has 0 aromatic heterocycles. The molecule has 0 fully saturated rings. The van der Waals surface area contributed by atoms with Crippen LogP contribution in [0.2, 0.25) is 0 Å². The molecule has 3 heteroatoms. The number of aromatic hydroxyl groups is 1. The molecule has 0 bridgehead atoms. The predicted molar refractivity (Wildman–Crippen MR) is 48.9 cm³/mol. The largest absolute Gasteiger partial charge is 0.504 e. The zero-order chi connectivity index (χ0) is 8.97. The van der Waals surface area contributed by atoms with E-state index in [9.17, 15) is 5.11 Å². The van der Waals surface area contributed by atoms with Crippen molar-refractivity contribution in [2.75, 3.05) is 5.88 Å². The summed E-state index contributed by atoms with van der Waals surface area (Å²) in [6, 6.07) is 6.83. The van der Waals surface area contributed by atoms with Crippen LogP contribution in [-0.2, 0) is 0 Å². The molecule has 0 spiro atoms. The van der Waals surface area contributed by atoms with Crippen LogP contribution in [0.4, 0.5) is 0 Å². The fourth-order valence-electron chi connectivity index (χ4n) is 0.805. The second-order valence-electron chi connectivity index (χ2n) is 2.55. The molecule has 1 N–H and O–H groups in total. The zero-order valence-corrected chi connectivity index (χ0v) is 7.58. The molecule has 1 aromatic carbocycles. The number of ether oxygens (including phenoxy) is 1. The third kappa shape index (κ3) is 2.31. The maximum absolute atomic E-state index is 9.29. The van der Waals surface area contributed by atoms with Crippen LogP contribution in [0.3, 0.4) is 0 Å². The van der Waals surface area contributed by atoms with Crippen molar-refractivity contribution in [3.8, 4) is 11.5 Å². The summed E-state index contributed by atoms with van der Waals surface area (Å²) in [5.41, 5.74) is 0. The Hall–Kier alpha value is -0.890. The third-order valence-corrected chi connectivity index (χ3v) is 1.85. The Balaban J connectivity index is 2.69. The van der Waals surface area contributed by atoms with Gasteiger partial charge in [-0.25, -0.2) is 0 Å². The van der Waals surface area contributed by atoms with Crippen LogP contribution in [0.15, 0.2) is 24.3 Å². The number of hydrogen-bond donors (Lipinski definition) is 1. The molecule has 1 atom stereocenters. The van der Waals surface area contributed by atoms with E-state index in [1.807, 2.05) is 6.92 Å². The first-order valence-electron chi connectivity index (χ1n) is 3.74. The minimum Gasteiger partial charge on any atom is -0.504 e. The average Bonchev–Trinajstić information content (AvgIpc) is 2.09. The van der Waals surface area contributed by atoms with Gasteiger partial charge in [0, 0.05) is 0 Å². The van der Waals surface area contributed by atoms with Crippen LogP contribution < -0.4 is 4.74 Å². The van der Waals surface area contributed by atoms with Gasteiger partial charge in [0.2, 0.25) is 0 Å². The second kappa shape index (κ2) is 4.21. The monoisotopic (exact) mass is 186 g/mol. The van der Waals surface area contributed by atoms with Gasteiger partial charge in [0.05, 0.1) is 5.88 Å². The lowest BCUT2D eigenvalue weighted by Gasteiger charge is -2.12. The first-order chi connectivity index (χ1) is 5.74. The second-order valence-corrected chi connectivity index (χ2v) is 2.86. The summed E-state index contributed by atoms with van der Waals surface area (Å²) >= 11 is 5.55. The summed E-state index contributed by atoms with van der Waals surface area (Å²) in [5, 5.41) is 9.29. The molecular formula is C9H11ClO2. The van der Waals surface area contributed by atoms with Crippen molar-refractivity contribution in [3.63, 3.8) is 0 Å². The lowest BCUT2D eigenvalue weighted by Crippen LogP contribution is -2.12. The maximum Gasteiger partial charge on any atom is 0.161 e. The first-order valence-corrected chi connectivity index (χ1v) is 4.28. The Labute approximate surface area is 76.7 Å². The normalized spacial score (nSPS) is 12.5. The summed E-state index contributed by atoms with van der Waals surface area (Å²) in [4.78, 5) is 0. The molecule has 0 heterocycles. The summed E-state index contributed by atoms with van der Waals surface area (Å²) < 4.78 is 5.31.